The van der Waals surface area contributed by atoms with Gasteiger partial charge in [0, 0.05) is 12.2 Å². The first kappa shape index (κ1) is 37.4. The normalized spacial score (nSPS) is 21.5. The van der Waals surface area contributed by atoms with E-state index in [4.69, 9.17) is 4.74 Å². The van der Waals surface area contributed by atoms with Gasteiger partial charge >= 0.3 is 0 Å². The van der Waals surface area contributed by atoms with Crippen LogP contribution in [0, 0.1) is 13.3 Å². The van der Waals surface area contributed by atoms with E-state index in [1.165, 1.54) is 86.8 Å². The number of aliphatic hydroxyl groups excluding tert-OH is 4. The molecule has 246 valence electrons. The number of nitrogens with one attached hydrogen (secondary N) is 2. The lowest BCUT2D eigenvalue weighted by Gasteiger charge is -2.20. The first-order valence-corrected chi connectivity index (χ1v) is 17.0. The summed E-state index contributed by atoms with van der Waals surface area (Å²) in [5, 5.41) is 52.7. The molecular formula is C30H53N5O7S. The molecule has 43 heavy (non-hydrogen) atoms. The molecule has 2 radical (unpaired) electrons. The van der Waals surface area contributed by atoms with Gasteiger partial charge in [-0.25, -0.2) is 4.68 Å². The molecule has 12 nitrogen and oxygen atoms in total. The fourth-order valence-corrected chi connectivity index (χ4v) is 5.75. The third kappa shape index (κ3) is 14.7. The lowest BCUT2D eigenvalue weighted by molar-refractivity contribution is -0.147. The Hall–Kier alpha value is -1.77. The molecule has 0 saturated carbocycles. The van der Waals surface area contributed by atoms with Gasteiger partial charge in [0.2, 0.25) is 11.8 Å². The number of anilines is 1. The lowest BCUT2D eigenvalue weighted by atomic mass is 10.0. The highest BCUT2D eigenvalue weighted by Crippen LogP contribution is 2.23. The molecule has 1 aliphatic rings. The highest BCUT2D eigenvalue weighted by molar-refractivity contribution is 7.99. The van der Waals surface area contributed by atoms with Gasteiger partial charge in [0.1, 0.15) is 30.5 Å². The standard InChI is InChI=1S/C30H53N5O7S/c1-3-5-6-7-8-9-10-11-12-13-14-15-16-17-25(37)31-22(21-43-18-4-2)29(40)32-24-20-35(34-33-24)19-23(36)28-26(38)27(39)30(41)42-28/h4,20,22-23,26-28,30,36,38-39,41H,2-3,5-19,21H2,1H3,(H,31,37)(H,32,40)/t22-,23+,26+,27+,28?,30?/m1/s1. The monoisotopic (exact) mass is 627 g/mol. The van der Waals surface area contributed by atoms with Gasteiger partial charge in [-0.3, -0.25) is 9.59 Å². The summed E-state index contributed by atoms with van der Waals surface area (Å²) in [6, 6.07) is -0.778. The van der Waals surface area contributed by atoms with Crippen molar-refractivity contribution in [3.8, 4) is 0 Å². The Morgan fingerprint density at radius 3 is 2.19 bits per heavy atom. The quantitative estimate of drug-likeness (QED) is 0.0934. The van der Waals surface area contributed by atoms with Gasteiger partial charge in [-0.15, -0.1) is 5.10 Å². The number of thioether (sulfide) groups is 1. The molecule has 0 aliphatic carbocycles. The predicted molar refractivity (Wildman–Crippen MR) is 167 cm³/mol. The first-order chi connectivity index (χ1) is 20.8. The number of unbranched alkanes of at least 4 members (excludes halogenated alkanes) is 12. The number of hydrogen-bond acceptors (Lipinski definition) is 10. The molecule has 0 aromatic carbocycles. The van der Waals surface area contributed by atoms with E-state index < -0.39 is 42.7 Å². The summed E-state index contributed by atoms with van der Waals surface area (Å²) in [4.78, 5) is 25.6. The van der Waals surface area contributed by atoms with Crippen molar-refractivity contribution in [3.05, 3.63) is 19.5 Å². The van der Waals surface area contributed by atoms with Gasteiger partial charge in [0.05, 0.1) is 12.7 Å². The van der Waals surface area contributed by atoms with Crippen LogP contribution < -0.4 is 10.6 Å². The van der Waals surface area contributed by atoms with E-state index in [1.54, 1.807) is 6.42 Å². The van der Waals surface area contributed by atoms with Crippen LogP contribution in [0.2, 0.25) is 0 Å². The molecule has 1 aromatic rings. The highest BCUT2D eigenvalue weighted by Gasteiger charge is 2.45. The van der Waals surface area contributed by atoms with Crippen LogP contribution >= 0.6 is 11.8 Å². The molecule has 2 amide bonds. The number of nitrogens with zero attached hydrogens (tertiary/aromatic N) is 3. The second-order valence-corrected chi connectivity index (χ2v) is 12.4. The third-order valence-corrected chi connectivity index (χ3v) is 8.54. The van der Waals surface area contributed by atoms with E-state index in [9.17, 15) is 30.0 Å². The molecular weight excluding hydrogens is 574 g/mol. The topological polar surface area (TPSA) is 179 Å². The predicted octanol–water partition coefficient (Wildman–Crippen LogP) is 2.75. The zero-order valence-electron chi connectivity index (χ0n) is 25.6. The van der Waals surface area contributed by atoms with Crippen LogP contribution in [-0.4, -0.2) is 95.5 Å². The summed E-state index contributed by atoms with van der Waals surface area (Å²) >= 11 is 1.47. The number of carbonyl (C=O) groups excluding carboxylic acids is 2. The van der Waals surface area contributed by atoms with Crippen LogP contribution in [0.25, 0.3) is 0 Å². The van der Waals surface area contributed by atoms with Crippen molar-refractivity contribution in [2.24, 2.45) is 0 Å². The van der Waals surface area contributed by atoms with Gasteiger partial charge in [-0.2, -0.15) is 11.8 Å². The van der Waals surface area contributed by atoms with Crippen molar-refractivity contribution in [1.29, 1.82) is 0 Å². The number of amides is 2. The Labute approximate surface area is 260 Å². The van der Waals surface area contributed by atoms with E-state index in [0.29, 0.717) is 17.9 Å². The zero-order chi connectivity index (χ0) is 31.5. The summed E-state index contributed by atoms with van der Waals surface area (Å²) in [7, 11) is 0. The maximum absolute atomic E-state index is 13.0. The number of hydrogen-bond donors (Lipinski definition) is 6. The SMILES string of the molecule is [CH2][CH]CSC[C@@H](NC(=O)CCCCCCCCCCCCCCC)C(=O)Nc1cn(C[C@H](O)C2OC(O)[C@@H](O)[C@@H]2O)nn1. The van der Waals surface area contributed by atoms with Gasteiger partial charge < -0.3 is 35.8 Å². The van der Waals surface area contributed by atoms with Gasteiger partial charge in [-0.1, -0.05) is 89.2 Å². The van der Waals surface area contributed by atoms with E-state index in [2.05, 4.69) is 34.8 Å². The molecule has 1 fully saturated rings. The van der Waals surface area contributed by atoms with E-state index in [1.807, 2.05) is 0 Å². The largest absolute Gasteiger partial charge is 0.388 e. The van der Waals surface area contributed by atoms with E-state index in [0.717, 1.165) is 19.3 Å². The summed E-state index contributed by atoms with van der Waals surface area (Å²) in [6.45, 7) is 5.77. The van der Waals surface area contributed by atoms with Crippen molar-refractivity contribution >= 4 is 29.4 Å². The second kappa shape index (κ2) is 21.9. The Bertz CT molecular complexity index is 908. The van der Waals surface area contributed by atoms with Gasteiger partial charge in [0.25, 0.3) is 0 Å². The Morgan fingerprint density at radius 2 is 1.63 bits per heavy atom. The Morgan fingerprint density at radius 1 is 1.02 bits per heavy atom. The number of aliphatic hydroxyl groups is 4. The molecule has 0 bridgehead atoms. The molecule has 6 atom stereocenters. The smallest absolute Gasteiger partial charge is 0.249 e. The molecule has 1 saturated heterocycles. The number of carbonyl (C=O) groups is 2. The lowest BCUT2D eigenvalue weighted by Crippen LogP contribution is -2.45. The fourth-order valence-electron chi connectivity index (χ4n) is 4.98. The van der Waals surface area contributed by atoms with Crippen molar-refractivity contribution < 1.29 is 34.8 Å². The van der Waals surface area contributed by atoms with Crippen molar-refractivity contribution in [3.63, 3.8) is 0 Å². The summed E-state index contributed by atoms with van der Waals surface area (Å²) in [6.07, 6.45) is 12.3. The van der Waals surface area contributed by atoms with Crippen LogP contribution in [-0.2, 0) is 20.9 Å². The summed E-state index contributed by atoms with van der Waals surface area (Å²) < 4.78 is 6.25. The Balaban J connectivity index is 1.69. The molecule has 1 aliphatic heterocycles. The molecule has 13 heteroatoms. The van der Waals surface area contributed by atoms with E-state index >= 15 is 0 Å². The van der Waals surface area contributed by atoms with Crippen LogP contribution in [0.3, 0.4) is 0 Å². The van der Waals surface area contributed by atoms with Gasteiger partial charge in [0.15, 0.2) is 12.1 Å². The maximum atomic E-state index is 13.0. The number of rotatable bonds is 24. The minimum absolute atomic E-state index is 0.120. The van der Waals surface area contributed by atoms with Crippen LogP contribution in [0.1, 0.15) is 96.8 Å². The molecule has 2 rings (SSSR count). The second-order valence-electron chi connectivity index (χ2n) is 11.3. The minimum Gasteiger partial charge on any atom is -0.388 e. The van der Waals surface area contributed by atoms with Crippen LogP contribution in [0.15, 0.2) is 6.20 Å². The minimum atomic E-state index is -1.60. The Kier molecular flexibility index (Phi) is 19.0. The van der Waals surface area contributed by atoms with Crippen LogP contribution in [0.5, 0.6) is 0 Å². The maximum Gasteiger partial charge on any atom is 0.249 e. The number of aromatic nitrogens is 3. The molecule has 0 spiro atoms. The molecule has 2 unspecified atom stereocenters. The van der Waals surface area contributed by atoms with E-state index in [-0.39, 0.29) is 18.3 Å². The van der Waals surface area contributed by atoms with Crippen molar-refractivity contribution in [2.45, 2.75) is 140 Å². The average Bonchev–Trinajstić information content (AvgIpc) is 3.53. The van der Waals surface area contributed by atoms with Crippen LogP contribution in [0.4, 0.5) is 5.82 Å². The zero-order valence-corrected chi connectivity index (χ0v) is 26.4. The molecule has 1 aromatic heterocycles. The van der Waals surface area contributed by atoms with Gasteiger partial charge in [-0.05, 0) is 25.5 Å². The van der Waals surface area contributed by atoms with Crippen molar-refractivity contribution in [1.82, 2.24) is 20.3 Å². The van der Waals surface area contributed by atoms with Crippen molar-refractivity contribution in [2.75, 3.05) is 16.8 Å². The third-order valence-electron chi connectivity index (χ3n) is 7.50. The molecule has 2 heterocycles. The highest BCUT2D eigenvalue weighted by atomic mass is 32.2. The number of ether oxygens (including phenoxy) is 1. The molecule has 6 N–H and O–H groups in total. The fraction of sp³-hybridized carbons (Fsp3) is 0.800. The average molecular weight is 628 g/mol. The summed E-state index contributed by atoms with van der Waals surface area (Å²) in [5.74, 6) is 0.494. The first-order valence-electron chi connectivity index (χ1n) is 15.8. The summed E-state index contributed by atoms with van der Waals surface area (Å²) in [5.41, 5.74) is 0.